The topological polar surface area (TPSA) is 243 Å². The number of nitrogen functional groups attached to an aromatic ring is 1. The molecule has 0 saturated carbocycles. The van der Waals surface area contributed by atoms with E-state index in [2.05, 4.69) is 26.5 Å². The first-order valence-electron chi connectivity index (χ1n) is 11.9. The molecule has 0 aliphatic rings. The summed E-state index contributed by atoms with van der Waals surface area (Å²) in [5.41, 5.74) is 7.93. The number of phenolic OH excluding ortho intramolecular Hbond substituents is 1. The molecule has 4 aromatic carbocycles. The molecule has 226 valence electrons. The fourth-order valence-corrected chi connectivity index (χ4v) is 4.14. The van der Waals surface area contributed by atoms with Crippen molar-refractivity contribution in [1.29, 1.82) is 0 Å². The first-order valence-corrected chi connectivity index (χ1v) is 14.3. The number of methoxy groups -OCH3 is 1. The number of nitrogens with zero attached hydrogens (tertiary/aromatic N) is 4. The summed E-state index contributed by atoms with van der Waals surface area (Å²) in [6.45, 7) is 1.93. The van der Waals surface area contributed by atoms with Gasteiger partial charge in [-0.05, 0) is 48.9 Å². The Morgan fingerprint density at radius 1 is 0.978 bits per heavy atom. The number of fused-ring (bicyclic) bond motifs is 1. The SMILES string of the molecule is COc1cc(N=Nc2ccc(OCCO)cc2)c(C)cc1N=Nc1[c-]cc2cc(S(=O)(=O)[O-])cc(N)c2c1O.O=S(=O)=O.[Na+].[Na+]. The molecule has 0 amide bonds. The number of hydrogen-bond donors (Lipinski definition) is 3. The zero-order valence-corrected chi connectivity index (χ0v) is 30.1. The third-order valence-electron chi connectivity index (χ3n) is 5.51. The van der Waals surface area contributed by atoms with E-state index in [4.69, 9.17) is 32.9 Å². The minimum Gasteiger partial charge on any atom is -0.744 e. The maximum absolute atomic E-state index is 11.4. The van der Waals surface area contributed by atoms with E-state index in [1.165, 1.54) is 13.2 Å². The van der Waals surface area contributed by atoms with Crippen LogP contribution in [0.2, 0.25) is 0 Å². The molecule has 45 heavy (non-hydrogen) atoms. The Morgan fingerprint density at radius 2 is 1.60 bits per heavy atom. The third-order valence-corrected chi connectivity index (χ3v) is 6.33. The molecule has 0 radical (unpaired) electrons. The van der Waals surface area contributed by atoms with E-state index in [1.807, 2.05) is 0 Å². The van der Waals surface area contributed by atoms with Gasteiger partial charge >= 0.3 is 69.7 Å². The minimum atomic E-state index is -4.73. The zero-order valence-electron chi connectivity index (χ0n) is 24.5. The molecule has 0 aliphatic heterocycles. The van der Waals surface area contributed by atoms with Crippen LogP contribution in [0.15, 0.2) is 79.9 Å². The van der Waals surface area contributed by atoms with Crippen molar-refractivity contribution in [3.63, 3.8) is 0 Å². The Bertz CT molecular complexity index is 1920. The van der Waals surface area contributed by atoms with Gasteiger partial charge in [0.05, 0.1) is 25.1 Å². The van der Waals surface area contributed by atoms with Crippen molar-refractivity contribution in [2.45, 2.75) is 11.8 Å². The van der Waals surface area contributed by atoms with Crippen LogP contribution in [0.1, 0.15) is 5.56 Å². The molecule has 0 aromatic heterocycles. The van der Waals surface area contributed by atoms with Gasteiger partial charge in [0.2, 0.25) is 0 Å². The summed E-state index contributed by atoms with van der Waals surface area (Å²) < 4.78 is 70.2. The molecule has 15 nitrogen and oxygen atoms in total. The number of phenols is 1. The Morgan fingerprint density at radius 3 is 2.18 bits per heavy atom. The fraction of sp³-hybridized carbons (Fsp3) is 0.154. The van der Waals surface area contributed by atoms with Crippen LogP contribution in [0, 0.1) is 13.0 Å². The van der Waals surface area contributed by atoms with Gasteiger partial charge in [-0.1, -0.05) is 11.5 Å². The standard InChI is InChI=1S/C26H24N5O7S.2Na.O3S/c1-15-11-23(24(37-2)14-22(15)30-28-17-4-6-18(7-5-17)38-10-9-32)31-29-21-8-3-16-12-19(39(34,35)36)13-20(27)25(16)26(21)33;;;1-4(2)3/h3-7,11-14,32-33H,9-10,27H2,1-2H3,(H,34,35,36);;;/q-1;2*+1;/p-1. The normalized spacial score (nSPS) is 10.9. The number of nitrogens with two attached hydrogens (primary N) is 1. The van der Waals surface area contributed by atoms with E-state index in [0.29, 0.717) is 28.6 Å². The van der Waals surface area contributed by atoms with Crippen LogP contribution in [0.3, 0.4) is 0 Å². The number of anilines is 1. The molecule has 4 N–H and O–H groups in total. The molecule has 0 atom stereocenters. The quantitative estimate of drug-likeness (QED) is 0.0597. The van der Waals surface area contributed by atoms with Gasteiger partial charge in [-0.15, -0.1) is 23.1 Å². The third kappa shape index (κ3) is 11.4. The number of aryl methyl sites for hydroxylation is 1. The summed E-state index contributed by atoms with van der Waals surface area (Å²) in [5.74, 6) is 0.571. The summed E-state index contributed by atoms with van der Waals surface area (Å²) in [6.07, 6.45) is 0. The second kappa shape index (κ2) is 18.2. The van der Waals surface area contributed by atoms with Gasteiger partial charge in [-0.25, -0.2) is 8.42 Å². The van der Waals surface area contributed by atoms with Crippen molar-refractivity contribution in [2.75, 3.05) is 26.1 Å². The van der Waals surface area contributed by atoms with Gasteiger partial charge < -0.3 is 30.0 Å². The van der Waals surface area contributed by atoms with Gasteiger partial charge in [0.15, 0.2) is 0 Å². The van der Waals surface area contributed by atoms with Gasteiger partial charge in [-0.2, -0.15) is 27.5 Å². The molecule has 0 heterocycles. The van der Waals surface area contributed by atoms with Crippen molar-refractivity contribution in [2.24, 2.45) is 20.5 Å². The average molecular weight is 676 g/mol. The Kier molecular flexibility index (Phi) is 16.2. The number of aliphatic hydroxyl groups excluding tert-OH is 1. The molecule has 0 spiro atoms. The second-order valence-corrected chi connectivity index (χ2v) is 10.2. The van der Waals surface area contributed by atoms with Crippen LogP contribution < -0.4 is 74.3 Å². The van der Waals surface area contributed by atoms with Crippen molar-refractivity contribution in [1.82, 2.24) is 0 Å². The molecular weight excluding hydrogens is 652 g/mol. The Balaban J connectivity index is 0.00000159. The number of hydrogen-bond acceptors (Lipinski definition) is 15. The fourth-order valence-electron chi connectivity index (χ4n) is 3.60. The van der Waals surface area contributed by atoms with Gasteiger partial charge in [-0.3, -0.25) is 0 Å². The van der Waals surface area contributed by atoms with Crippen LogP contribution in [-0.4, -0.2) is 56.1 Å². The molecule has 19 heteroatoms. The largest absolute Gasteiger partial charge is 1.00 e. The maximum Gasteiger partial charge on any atom is 1.00 e. The van der Waals surface area contributed by atoms with Crippen molar-refractivity contribution >= 4 is 59.9 Å². The second-order valence-electron chi connectivity index (χ2n) is 8.40. The summed E-state index contributed by atoms with van der Waals surface area (Å²) in [5, 5.41) is 36.6. The van der Waals surface area contributed by atoms with Crippen molar-refractivity contribution in [3.05, 3.63) is 66.2 Å². The molecular formula is C26H23N5Na2O10S2. The van der Waals surface area contributed by atoms with E-state index in [0.717, 1.165) is 17.7 Å². The van der Waals surface area contributed by atoms with Crippen LogP contribution in [0.5, 0.6) is 17.2 Å². The van der Waals surface area contributed by atoms with Gasteiger partial charge in [0.25, 0.3) is 0 Å². The smallest absolute Gasteiger partial charge is 0.744 e. The minimum absolute atomic E-state index is 0. The molecule has 0 unspecified atom stereocenters. The number of azo groups is 2. The van der Waals surface area contributed by atoms with Crippen molar-refractivity contribution in [3.8, 4) is 17.2 Å². The molecule has 4 rings (SSSR count). The molecule has 0 saturated heterocycles. The van der Waals surface area contributed by atoms with Crippen LogP contribution in [-0.2, 0) is 20.7 Å². The number of aliphatic hydroxyl groups is 1. The van der Waals surface area contributed by atoms with Crippen LogP contribution in [0.25, 0.3) is 10.8 Å². The first kappa shape index (κ1) is 40.1. The Hall–Kier alpha value is -2.97. The van der Waals surface area contributed by atoms with Gasteiger partial charge in [0, 0.05) is 28.1 Å². The predicted molar refractivity (Wildman–Crippen MR) is 152 cm³/mol. The zero-order chi connectivity index (χ0) is 31.7. The van der Waals surface area contributed by atoms with E-state index >= 15 is 0 Å². The van der Waals surface area contributed by atoms with E-state index in [1.54, 1.807) is 43.3 Å². The monoisotopic (exact) mass is 675 g/mol. The van der Waals surface area contributed by atoms with E-state index in [9.17, 15) is 18.1 Å². The Labute approximate surface area is 303 Å². The summed E-state index contributed by atoms with van der Waals surface area (Å²) in [4.78, 5) is -0.517. The van der Waals surface area contributed by atoms with Crippen LogP contribution in [0.4, 0.5) is 28.4 Å². The van der Waals surface area contributed by atoms with E-state index in [-0.39, 0.29) is 100 Å². The molecule has 4 aromatic rings. The molecule has 0 fully saturated rings. The number of ether oxygens (including phenoxy) is 2. The predicted octanol–water partition coefficient (Wildman–Crippen LogP) is -1.65. The summed E-state index contributed by atoms with van der Waals surface area (Å²) in [6, 6.07) is 16.4. The number of rotatable bonds is 9. The average Bonchev–Trinajstić information content (AvgIpc) is 2.94. The van der Waals surface area contributed by atoms with Crippen molar-refractivity contribution < 1.29 is 104 Å². The first-order chi connectivity index (χ1) is 20.3. The number of aromatic hydroxyl groups is 1. The van der Waals surface area contributed by atoms with E-state index < -0.39 is 25.6 Å². The van der Waals surface area contributed by atoms with Crippen LogP contribution >= 0.6 is 0 Å². The molecule has 0 aliphatic carbocycles. The van der Waals surface area contributed by atoms with Gasteiger partial charge in [0.1, 0.15) is 33.9 Å². The maximum atomic E-state index is 11.4. The summed E-state index contributed by atoms with van der Waals surface area (Å²) in [7, 11) is -6.39. The summed E-state index contributed by atoms with van der Waals surface area (Å²) >= 11 is 0. The number of benzene rings is 4. The molecule has 0 bridgehead atoms.